The third-order valence-electron chi connectivity index (χ3n) is 7.86. The number of benzene rings is 3. The van der Waals surface area contributed by atoms with Gasteiger partial charge in [0, 0.05) is 29.8 Å². The van der Waals surface area contributed by atoms with Crippen LogP contribution in [0.4, 0.5) is 14.9 Å². The average molecular weight is 639 g/mol. The zero-order valence-corrected chi connectivity index (χ0v) is 25.5. The van der Waals surface area contributed by atoms with Gasteiger partial charge in [0.15, 0.2) is 15.4 Å². The van der Waals surface area contributed by atoms with Gasteiger partial charge in [-0.2, -0.15) is 0 Å². The van der Waals surface area contributed by atoms with Crippen molar-refractivity contribution in [1.29, 1.82) is 0 Å². The summed E-state index contributed by atoms with van der Waals surface area (Å²) in [6.07, 6.45) is -0.739. The van der Waals surface area contributed by atoms with E-state index in [0.717, 1.165) is 0 Å². The second-order valence-electron chi connectivity index (χ2n) is 11.2. The highest BCUT2D eigenvalue weighted by molar-refractivity contribution is 7.92. The molecule has 3 aromatic rings. The minimum absolute atomic E-state index is 0.000730. The molecule has 0 saturated carbocycles. The molecule has 238 valence electrons. The van der Waals surface area contributed by atoms with E-state index in [1.54, 1.807) is 18.2 Å². The third kappa shape index (κ3) is 6.53. The summed E-state index contributed by atoms with van der Waals surface area (Å²) >= 11 is 0. The van der Waals surface area contributed by atoms with E-state index in [1.165, 1.54) is 65.6 Å². The zero-order chi connectivity index (χ0) is 32.9. The van der Waals surface area contributed by atoms with E-state index in [4.69, 9.17) is 5.73 Å². The van der Waals surface area contributed by atoms with Crippen molar-refractivity contribution in [2.75, 3.05) is 11.4 Å². The van der Waals surface area contributed by atoms with E-state index >= 15 is 4.39 Å². The Kier molecular flexibility index (Phi) is 9.91. The highest BCUT2D eigenvalue weighted by Crippen LogP contribution is 2.48. The molecule has 0 aliphatic carbocycles. The number of urea groups is 1. The van der Waals surface area contributed by atoms with Gasteiger partial charge >= 0.3 is 12.0 Å². The predicted octanol–water partition coefficient (Wildman–Crippen LogP) is 3.30. The molecule has 1 saturated heterocycles. The van der Waals surface area contributed by atoms with Crippen LogP contribution in [0.1, 0.15) is 43.9 Å². The lowest BCUT2D eigenvalue weighted by molar-refractivity contribution is -0.146. The number of anilines is 1. The molecule has 1 aliphatic heterocycles. The maximum absolute atomic E-state index is 15.7. The van der Waals surface area contributed by atoms with E-state index in [1.807, 2.05) is 13.8 Å². The van der Waals surface area contributed by atoms with Crippen molar-refractivity contribution in [3.05, 3.63) is 95.8 Å². The number of nitrogens with two attached hydrogens (primary N) is 1. The number of nitrogens with one attached hydrogen (secondary N) is 2. The number of amides is 3. The molecule has 45 heavy (non-hydrogen) atoms. The topological polar surface area (TPSA) is 176 Å². The summed E-state index contributed by atoms with van der Waals surface area (Å²) in [7, 11) is -4.24. The lowest BCUT2D eigenvalue weighted by atomic mass is 9.85. The molecule has 1 aliphatic rings. The fourth-order valence-electron chi connectivity index (χ4n) is 5.83. The molecule has 11 nitrogen and oxygen atoms in total. The molecule has 4 atom stereocenters. The van der Waals surface area contributed by atoms with Crippen LogP contribution in [0.3, 0.4) is 0 Å². The number of carbonyl (C=O) groups excluding carboxylic acids is 3. The first kappa shape index (κ1) is 33.1. The molecular weight excluding hydrogens is 603 g/mol. The predicted molar refractivity (Wildman–Crippen MR) is 164 cm³/mol. The molecule has 0 aromatic heterocycles. The fourth-order valence-corrected chi connectivity index (χ4v) is 7.77. The smallest absolute Gasteiger partial charge is 0.334 e. The van der Waals surface area contributed by atoms with Crippen molar-refractivity contribution in [1.82, 2.24) is 10.6 Å². The Morgan fingerprint density at radius 2 is 1.67 bits per heavy atom. The van der Waals surface area contributed by atoms with E-state index in [0.29, 0.717) is 6.29 Å². The van der Waals surface area contributed by atoms with Crippen LogP contribution in [-0.2, 0) is 29.8 Å². The van der Waals surface area contributed by atoms with E-state index in [9.17, 15) is 32.7 Å². The Morgan fingerprint density at radius 3 is 2.27 bits per heavy atom. The summed E-state index contributed by atoms with van der Waals surface area (Å²) < 4.78 is 44.3. The molecule has 4 unspecified atom stereocenters. The minimum Gasteiger partial charge on any atom is -0.479 e. The van der Waals surface area contributed by atoms with Gasteiger partial charge in [0.05, 0.1) is 16.2 Å². The van der Waals surface area contributed by atoms with Crippen LogP contribution in [0.15, 0.2) is 83.8 Å². The molecule has 0 bridgehead atoms. The van der Waals surface area contributed by atoms with Crippen molar-refractivity contribution in [3.8, 4) is 0 Å². The molecule has 3 aromatic carbocycles. The van der Waals surface area contributed by atoms with Gasteiger partial charge in [0.1, 0.15) is 18.1 Å². The van der Waals surface area contributed by atoms with Crippen LogP contribution in [0.5, 0.6) is 0 Å². The van der Waals surface area contributed by atoms with Crippen molar-refractivity contribution >= 4 is 39.7 Å². The second kappa shape index (κ2) is 13.5. The van der Waals surface area contributed by atoms with Gasteiger partial charge in [-0.1, -0.05) is 68.4 Å². The highest BCUT2D eigenvalue weighted by atomic mass is 32.2. The average Bonchev–Trinajstić information content (AvgIpc) is 3.41. The van der Waals surface area contributed by atoms with Crippen LogP contribution in [0.25, 0.3) is 0 Å². The molecule has 3 amide bonds. The van der Waals surface area contributed by atoms with Crippen LogP contribution < -0.4 is 21.3 Å². The number of nitrogens with zero attached hydrogens (tertiary/aromatic N) is 1. The van der Waals surface area contributed by atoms with Crippen molar-refractivity contribution in [3.63, 3.8) is 0 Å². The number of sulfone groups is 1. The number of aldehydes is 1. The zero-order valence-electron chi connectivity index (χ0n) is 24.7. The molecule has 5 N–H and O–H groups in total. The SMILES string of the molecule is CC(C)CNC(=O)C1CC(S(=O)(=O)c2ccccc2)C(c2ccccc2F)N1c1ccccc1C(CC=O)(NC(N)=O)C(=O)O. The quantitative estimate of drug-likeness (QED) is 0.219. The van der Waals surface area contributed by atoms with E-state index < -0.39 is 62.9 Å². The number of carbonyl (C=O) groups is 4. The van der Waals surface area contributed by atoms with Gasteiger partial charge in [-0.3, -0.25) is 4.79 Å². The highest BCUT2D eigenvalue weighted by Gasteiger charge is 2.54. The Balaban J connectivity index is 2.06. The minimum atomic E-state index is -4.24. The van der Waals surface area contributed by atoms with Gasteiger partial charge < -0.3 is 31.2 Å². The number of hydrogen-bond acceptors (Lipinski definition) is 7. The summed E-state index contributed by atoms with van der Waals surface area (Å²) in [4.78, 5) is 52.0. The maximum Gasteiger partial charge on any atom is 0.334 e. The number of carboxylic acid groups (broad SMARTS) is 1. The molecule has 13 heteroatoms. The summed E-state index contributed by atoms with van der Waals surface area (Å²) in [5.74, 6) is -2.90. The number of aliphatic carboxylic acids is 1. The second-order valence-corrected chi connectivity index (χ2v) is 13.4. The van der Waals surface area contributed by atoms with Crippen LogP contribution in [0, 0.1) is 11.7 Å². The first-order valence-electron chi connectivity index (χ1n) is 14.3. The lowest BCUT2D eigenvalue weighted by Crippen LogP contribution is -2.55. The van der Waals surface area contributed by atoms with E-state index in [-0.39, 0.29) is 40.6 Å². The molecule has 0 spiro atoms. The Hall–Kier alpha value is -4.78. The van der Waals surface area contributed by atoms with Gasteiger partial charge in [0.25, 0.3) is 0 Å². The van der Waals surface area contributed by atoms with Gasteiger partial charge in [-0.05, 0) is 36.6 Å². The van der Waals surface area contributed by atoms with Crippen LogP contribution in [0.2, 0.25) is 0 Å². The molecule has 1 heterocycles. The van der Waals surface area contributed by atoms with E-state index in [2.05, 4.69) is 10.6 Å². The van der Waals surface area contributed by atoms with Gasteiger partial charge in [0.2, 0.25) is 5.91 Å². The normalized spacial score (nSPS) is 19.5. The van der Waals surface area contributed by atoms with Crippen LogP contribution in [-0.4, -0.2) is 55.6 Å². The van der Waals surface area contributed by atoms with Gasteiger partial charge in [-0.25, -0.2) is 22.4 Å². The summed E-state index contributed by atoms with van der Waals surface area (Å²) in [6, 6.07) is 15.1. The molecular formula is C32H35FN4O7S. The summed E-state index contributed by atoms with van der Waals surface area (Å²) in [6.45, 7) is 4.00. The van der Waals surface area contributed by atoms with Crippen molar-refractivity contribution < 1.29 is 37.1 Å². The number of carboxylic acids is 1. The Bertz CT molecular complexity index is 1690. The third-order valence-corrected chi connectivity index (χ3v) is 10.0. The first-order chi connectivity index (χ1) is 21.3. The Labute approximate surface area is 260 Å². The van der Waals surface area contributed by atoms with Crippen LogP contribution >= 0.6 is 0 Å². The molecule has 0 radical (unpaired) electrons. The van der Waals surface area contributed by atoms with Crippen molar-refractivity contribution in [2.45, 2.75) is 54.5 Å². The monoisotopic (exact) mass is 638 g/mol. The number of primary amides is 1. The molecule has 1 fully saturated rings. The lowest BCUT2D eigenvalue weighted by Gasteiger charge is -2.38. The van der Waals surface area contributed by atoms with Gasteiger partial charge in [-0.15, -0.1) is 0 Å². The van der Waals surface area contributed by atoms with Crippen molar-refractivity contribution in [2.24, 2.45) is 11.7 Å². The number of halogens is 1. The molecule has 4 rings (SSSR count). The largest absolute Gasteiger partial charge is 0.479 e. The first-order valence-corrected chi connectivity index (χ1v) is 15.8. The summed E-state index contributed by atoms with van der Waals surface area (Å²) in [5, 5.41) is 14.0. The number of hydrogen-bond donors (Lipinski definition) is 4. The number of para-hydroxylation sites is 1. The number of rotatable bonds is 12. The summed E-state index contributed by atoms with van der Waals surface area (Å²) in [5.41, 5.74) is 2.78. The fraction of sp³-hybridized carbons (Fsp3) is 0.312. The standard InChI is InChI=1S/C32H35FN4O7S/c1-20(2)19-35-29(39)26-18-27(45(43,44)21-10-4-3-5-11-21)28(22-12-6-8-14-24(22)33)37(26)25-15-9-7-13-23(25)32(16-17-38,30(40)41)36-31(34)42/h3-15,17,20,26-28H,16,18-19H2,1-2H3,(H,35,39)(H,40,41)(H3,34,36,42). The maximum atomic E-state index is 15.7. The Morgan fingerprint density at radius 1 is 1.04 bits per heavy atom.